The summed E-state index contributed by atoms with van der Waals surface area (Å²) in [5, 5.41) is 0. The Morgan fingerprint density at radius 1 is 0.885 bits per heavy atom. The summed E-state index contributed by atoms with van der Waals surface area (Å²) in [4.78, 5) is 20.7. The molecule has 0 radical (unpaired) electrons. The Bertz CT molecular complexity index is 763. The maximum atomic E-state index is 12.4. The molecule has 4 rings (SSSR count). The van der Waals surface area contributed by atoms with Gasteiger partial charge in [0.05, 0.1) is 26.4 Å². The number of carbonyl (C=O) groups excluding carboxylic acids is 1. The van der Waals surface area contributed by atoms with E-state index in [9.17, 15) is 4.79 Å². The molecule has 0 N–H and O–H groups in total. The fraction of sp³-hybridized carbons (Fsp3) is 0.421. The molecule has 26 heavy (non-hydrogen) atoms. The van der Waals surface area contributed by atoms with Crippen LogP contribution in [0.2, 0.25) is 0 Å². The van der Waals surface area contributed by atoms with Gasteiger partial charge in [-0.3, -0.25) is 0 Å². The van der Waals surface area contributed by atoms with Crippen LogP contribution >= 0.6 is 0 Å². The Morgan fingerprint density at radius 2 is 1.31 bits per heavy atom. The summed E-state index contributed by atoms with van der Waals surface area (Å²) in [6.45, 7) is 6.33. The average molecular weight is 356 g/mol. The monoisotopic (exact) mass is 356 g/mol. The highest BCUT2D eigenvalue weighted by molar-refractivity contribution is 5.67. The van der Waals surface area contributed by atoms with Crippen LogP contribution < -0.4 is 9.47 Å². The number of rotatable bonds is 4. The molecular formula is C19H20N2O5. The highest BCUT2D eigenvalue weighted by Gasteiger charge is 2.40. The van der Waals surface area contributed by atoms with Gasteiger partial charge in [0.15, 0.2) is 0 Å². The first-order chi connectivity index (χ1) is 12.5. The van der Waals surface area contributed by atoms with Crippen LogP contribution in [0.5, 0.6) is 11.8 Å². The third-order valence-electron chi connectivity index (χ3n) is 4.89. The molecule has 0 bridgehead atoms. The first-order valence-electron chi connectivity index (χ1n) is 8.46. The summed E-state index contributed by atoms with van der Waals surface area (Å²) in [5.41, 5.74) is 1.22. The topological polar surface area (TPSA) is 79.8 Å². The summed E-state index contributed by atoms with van der Waals surface area (Å²) >= 11 is 0. The molecule has 7 heteroatoms. The van der Waals surface area contributed by atoms with Crippen LogP contribution in [0.1, 0.15) is 25.0 Å². The molecule has 2 aromatic heterocycles. The Balaban J connectivity index is 1.53. The van der Waals surface area contributed by atoms with E-state index < -0.39 is 6.16 Å². The summed E-state index contributed by atoms with van der Waals surface area (Å²) in [6, 6.07) is 7.39. The lowest BCUT2D eigenvalue weighted by Gasteiger charge is -2.39. The molecule has 4 heterocycles. The fourth-order valence-electron chi connectivity index (χ4n) is 3.17. The van der Waals surface area contributed by atoms with E-state index in [1.54, 1.807) is 12.4 Å². The van der Waals surface area contributed by atoms with Gasteiger partial charge >= 0.3 is 6.16 Å². The predicted molar refractivity (Wildman–Crippen MR) is 91.5 cm³/mol. The van der Waals surface area contributed by atoms with Gasteiger partial charge in [0, 0.05) is 34.4 Å². The molecule has 2 aliphatic rings. The third-order valence-corrected chi connectivity index (χ3v) is 4.89. The maximum absolute atomic E-state index is 12.4. The van der Waals surface area contributed by atoms with Crippen molar-refractivity contribution in [3.05, 3.63) is 47.8 Å². The van der Waals surface area contributed by atoms with Crippen molar-refractivity contribution in [2.75, 3.05) is 26.4 Å². The lowest BCUT2D eigenvalue weighted by molar-refractivity contribution is -0.0516. The van der Waals surface area contributed by atoms with Crippen LogP contribution in [0, 0.1) is 0 Å². The van der Waals surface area contributed by atoms with Gasteiger partial charge in [0.2, 0.25) is 11.8 Å². The van der Waals surface area contributed by atoms with E-state index in [0.29, 0.717) is 26.4 Å². The number of hydrogen-bond donors (Lipinski definition) is 0. The Morgan fingerprint density at radius 3 is 1.65 bits per heavy atom. The molecule has 0 atom stereocenters. The molecule has 2 fully saturated rings. The number of carbonyl (C=O) groups is 1. The molecule has 136 valence electrons. The second-order valence-electron chi connectivity index (χ2n) is 7.27. The van der Waals surface area contributed by atoms with E-state index in [1.807, 2.05) is 38.1 Å². The van der Waals surface area contributed by atoms with E-state index in [2.05, 4.69) is 9.97 Å². The molecule has 0 spiro atoms. The van der Waals surface area contributed by atoms with Crippen molar-refractivity contribution in [3.63, 3.8) is 0 Å². The molecule has 2 aliphatic heterocycles. The molecule has 0 aromatic carbocycles. The van der Waals surface area contributed by atoms with Gasteiger partial charge < -0.3 is 18.9 Å². The number of pyridine rings is 2. The summed E-state index contributed by atoms with van der Waals surface area (Å²) in [7, 11) is 0. The van der Waals surface area contributed by atoms with E-state index in [0.717, 1.165) is 11.1 Å². The summed E-state index contributed by atoms with van der Waals surface area (Å²) < 4.78 is 21.4. The first-order valence-corrected chi connectivity index (χ1v) is 8.46. The van der Waals surface area contributed by atoms with Crippen LogP contribution in [-0.4, -0.2) is 42.6 Å². The Hall–Kier alpha value is -2.51. The van der Waals surface area contributed by atoms with Gasteiger partial charge in [-0.1, -0.05) is 26.0 Å². The van der Waals surface area contributed by atoms with Crippen molar-refractivity contribution in [2.24, 2.45) is 0 Å². The van der Waals surface area contributed by atoms with Crippen LogP contribution in [0.4, 0.5) is 4.79 Å². The quantitative estimate of drug-likeness (QED) is 0.779. The number of hydrogen-bond acceptors (Lipinski definition) is 7. The standard InChI is InChI=1S/C19H20N2O5/c1-18(9-23-10-18)13-5-3-7-20-15(13)25-17(22)26-16-14(6-4-8-21-16)19(2)11-24-12-19/h3-8H,9-12H2,1-2H3. The molecule has 0 unspecified atom stereocenters. The van der Waals surface area contributed by atoms with Gasteiger partial charge in [-0.05, 0) is 12.1 Å². The molecule has 2 saturated heterocycles. The minimum atomic E-state index is -0.863. The van der Waals surface area contributed by atoms with Crippen LogP contribution in [0.3, 0.4) is 0 Å². The zero-order valence-electron chi connectivity index (χ0n) is 14.7. The zero-order chi connectivity index (χ0) is 18.2. The van der Waals surface area contributed by atoms with Crippen LogP contribution in [0.15, 0.2) is 36.7 Å². The molecule has 0 amide bonds. The van der Waals surface area contributed by atoms with E-state index >= 15 is 0 Å². The number of ether oxygens (including phenoxy) is 4. The average Bonchev–Trinajstić information content (AvgIpc) is 2.58. The van der Waals surface area contributed by atoms with Crippen molar-refractivity contribution in [1.82, 2.24) is 9.97 Å². The Labute approximate surface area is 151 Å². The minimum Gasteiger partial charge on any atom is -0.379 e. The summed E-state index contributed by atoms with van der Waals surface area (Å²) in [6.07, 6.45) is 2.29. The first kappa shape index (κ1) is 16.9. The third kappa shape index (κ3) is 2.93. The number of nitrogens with zero attached hydrogens (tertiary/aromatic N) is 2. The van der Waals surface area contributed by atoms with Gasteiger partial charge in [-0.15, -0.1) is 0 Å². The molecule has 0 aliphatic carbocycles. The van der Waals surface area contributed by atoms with Gasteiger partial charge in [0.1, 0.15) is 0 Å². The molecule has 0 saturated carbocycles. The number of aromatic nitrogens is 2. The van der Waals surface area contributed by atoms with Crippen molar-refractivity contribution >= 4 is 6.16 Å². The van der Waals surface area contributed by atoms with Crippen molar-refractivity contribution < 1.29 is 23.7 Å². The minimum absolute atomic E-state index is 0.212. The highest BCUT2D eigenvalue weighted by atomic mass is 16.7. The van der Waals surface area contributed by atoms with E-state index in [-0.39, 0.29) is 22.6 Å². The van der Waals surface area contributed by atoms with Crippen molar-refractivity contribution in [3.8, 4) is 11.8 Å². The van der Waals surface area contributed by atoms with Crippen LogP contribution in [-0.2, 0) is 20.3 Å². The lowest BCUT2D eigenvalue weighted by atomic mass is 9.81. The van der Waals surface area contributed by atoms with Gasteiger partial charge in [0.25, 0.3) is 0 Å². The van der Waals surface area contributed by atoms with Gasteiger partial charge in [-0.2, -0.15) is 0 Å². The van der Waals surface area contributed by atoms with E-state index in [4.69, 9.17) is 18.9 Å². The summed E-state index contributed by atoms with van der Waals surface area (Å²) in [5.74, 6) is 0.470. The van der Waals surface area contributed by atoms with E-state index in [1.165, 1.54) is 0 Å². The largest absolute Gasteiger partial charge is 0.522 e. The second kappa shape index (κ2) is 6.34. The lowest BCUT2D eigenvalue weighted by Crippen LogP contribution is -2.44. The molecule has 2 aromatic rings. The highest BCUT2D eigenvalue weighted by Crippen LogP contribution is 2.38. The maximum Gasteiger partial charge on any atom is 0.522 e. The van der Waals surface area contributed by atoms with Crippen LogP contribution in [0.25, 0.3) is 0 Å². The Kier molecular flexibility index (Phi) is 4.13. The van der Waals surface area contributed by atoms with Crippen molar-refractivity contribution in [2.45, 2.75) is 24.7 Å². The second-order valence-corrected chi connectivity index (χ2v) is 7.27. The van der Waals surface area contributed by atoms with Gasteiger partial charge in [-0.25, -0.2) is 14.8 Å². The smallest absolute Gasteiger partial charge is 0.379 e. The normalized spacial score (nSPS) is 19.8. The zero-order valence-corrected chi connectivity index (χ0v) is 14.7. The molecule has 7 nitrogen and oxygen atoms in total. The predicted octanol–water partition coefficient (Wildman–Crippen LogP) is 2.63. The SMILES string of the molecule is CC1(c2cccnc2OC(=O)Oc2ncccc2C2(C)COC2)COC1. The van der Waals surface area contributed by atoms with Crippen molar-refractivity contribution in [1.29, 1.82) is 0 Å². The fourth-order valence-corrected chi connectivity index (χ4v) is 3.17. The molecular weight excluding hydrogens is 336 g/mol.